The minimum atomic E-state index is -4.77. The Morgan fingerprint density at radius 2 is 1.75 bits per heavy atom. The van der Waals surface area contributed by atoms with Crippen LogP contribution in [-0.4, -0.2) is 51.9 Å². The summed E-state index contributed by atoms with van der Waals surface area (Å²) in [7, 11) is 2.64. The molecule has 3 aromatic heterocycles. The van der Waals surface area contributed by atoms with E-state index in [0.29, 0.717) is 40.4 Å². The van der Waals surface area contributed by atoms with Crippen molar-refractivity contribution in [3.8, 4) is 11.5 Å². The van der Waals surface area contributed by atoms with Crippen molar-refractivity contribution >= 4 is 55.9 Å². The number of hydrogen-bond acceptors (Lipinski definition) is 7. The zero-order valence-electron chi connectivity index (χ0n) is 30.2. The molecule has 0 radical (unpaired) electrons. The molecule has 1 atom stereocenters. The number of rotatable bonds is 10. The predicted octanol–water partition coefficient (Wildman–Crippen LogP) is 9.85. The molecule has 0 bridgehead atoms. The van der Waals surface area contributed by atoms with Crippen LogP contribution in [0.3, 0.4) is 0 Å². The smallest absolute Gasteiger partial charge is 0.432 e. The molecule has 0 aliphatic carbocycles. The number of nitrogens with one attached hydrogen (secondary N) is 3. The number of hydrogen-bond donors (Lipinski definition) is 4. The number of amides is 1. The highest BCUT2D eigenvalue weighted by atomic mass is 19.4. The third-order valence-electron chi connectivity index (χ3n) is 9.22. The number of unbranched alkanes of at least 4 members (excludes halogenated alkanes) is 1. The Bertz CT molecular complexity index is 2330. The van der Waals surface area contributed by atoms with E-state index in [0.717, 1.165) is 48.0 Å². The van der Waals surface area contributed by atoms with Gasteiger partial charge in [-0.25, -0.2) is 4.79 Å². The fourth-order valence-corrected chi connectivity index (χ4v) is 6.60. The number of benzene rings is 3. The van der Waals surface area contributed by atoms with Crippen LogP contribution in [0.1, 0.15) is 101 Å². The zero-order valence-corrected chi connectivity index (χ0v) is 30.2. The Morgan fingerprint density at radius 3 is 2.40 bits per heavy atom. The number of aryl methyl sites for hydroxylation is 1. The molecule has 4 N–H and O–H groups in total. The number of ketones is 1. The lowest BCUT2D eigenvalue weighted by Gasteiger charge is -2.20. The first-order valence-electron chi connectivity index (χ1n) is 17.1. The lowest BCUT2D eigenvalue weighted by molar-refractivity contribution is -0.141. The first-order chi connectivity index (χ1) is 25.2. The molecule has 0 aliphatic heterocycles. The monoisotopic (exact) mass is 730 g/mol. The summed E-state index contributed by atoms with van der Waals surface area (Å²) in [6.45, 7) is 7.26. The highest BCUT2D eigenvalue weighted by Gasteiger charge is 2.41. The van der Waals surface area contributed by atoms with Gasteiger partial charge in [-0.05, 0) is 79.3 Å². The molecule has 0 aliphatic rings. The quantitative estimate of drug-likeness (QED) is 0.0811. The number of phenolic OH excluding ortho intramolecular Hbond substituents is 1. The minimum Gasteiger partial charge on any atom is -0.506 e. The Morgan fingerprint density at radius 1 is 1.00 bits per heavy atom. The van der Waals surface area contributed by atoms with Crippen LogP contribution in [-0.2, 0) is 10.9 Å². The molecule has 278 valence electrons. The number of aromatic nitrogens is 3. The summed E-state index contributed by atoms with van der Waals surface area (Å²) in [5.74, 6) is -1.06. The number of methoxy groups -OCH3 is 2. The Hall–Kier alpha value is -5.85. The number of pyridine rings is 1. The molecule has 1 amide bonds. The van der Waals surface area contributed by atoms with Crippen molar-refractivity contribution in [3.63, 3.8) is 0 Å². The molecule has 0 unspecified atom stereocenters. The van der Waals surface area contributed by atoms with Gasteiger partial charge in [-0.15, -0.1) is 0 Å². The molecule has 13 heteroatoms. The standard InChI is InChI=1S/C21H17N3O3.C19H24F3NO3/c1-12(25)18-9-14-8-15(6-7-17(14)24-18)23-21(26)19-10-16-13(11-22-19)4-3-5-20(16)27-2;1-5-7-8-11(6-2)13-10(3)9-12(24)16-14(13)15(18(25)26-4)17(23-16)19(20,21)22/h3-11,24H,1-2H3,(H,23,26);9,11,23-24H,5-8H2,1-4H3/t;11-/m.1/s1. The van der Waals surface area contributed by atoms with Crippen molar-refractivity contribution in [1.82, 2.24) is 15.0 Å². The number of fused-ring (bicyclic) bond motifs is 3. The maximum Gasteiger partial charge on any atom is 0.432 e. The van der Waals surface area contributed by atoms with E-state index < -0.39 is 23.4 Å². The number of H-pyrrole nitrogens is 2. The number of aromatic amines is 2. The van der Waals surface area contributed by atoms with Gasteiger partial charge in [-0.1, -0.05) is 38.8 Å². The lowest BCUT2D eigenvalue weighted by Crippen LogP contribution is -2.14. The van der Waals surface area contributed by atoms with E-state index in [1.165, 1.54) is 13.0 Å². The third kappa shape index (κ3) is 7.98. The van der Waals surface area contributed by atoms with Crippen LogP contribution in [0.4, 0.5) is 18.9 Å². The van der Waals surface area contributed by atoms with Crippen molar-refractivity contribution in [2.75, 3.05) is 19.5 Å². The second-order valence-electron chi connectivity index (χ2n) is 12.7. The fraction of sp³-hybridized carbons (Fsp3) is 0.300. The topological polar surface area (TPSA) is 146 Å². The molecular weight excluding hydrogens is 689 g/mol. The number of ether oxygens (including phenoxy) is 2. The minimum absolute atomic E-state index is 0.0154. The second kappa shape index (κ2) is 15.8. The molecule has 0 spiro atoms. The molecule has 53 heavy (non-hydrogen) atoms. The van der Waals surface area contributed by atoms with Gasteiger partial charge in [0.2, 0.25) is 0 Å². The number of esters is 1. The van der Waals surface area contributed by atoms with Gasteiger partial charge in [0, 0.05) is 45.9 Å². The van der Waals surface area contributed by atoms with E-state index >= 15 is 0 Å². The van der Waals surface area contributed by atoms with E-state index in [2.05, 4.69) is 25.0 Å². The molecule has 6 rings (SSSR count). The number of alkyl halides is 3. The number of anilines is 1. The number of carbonyl (C=O) groups excluding carboxylic acids is 3. The number of halogens is 3. The van der Waals surface area contributed by atoms with Crippen molar-refractivity contribution in [3.05, 3.63) is 94.6 Å². The molecule has 6 aromatic rings. The molecule has 3 heterocycles. The van der Waals surface area contributed by atoms with Gasteiger partial charge < -0.3 is 29.9 Å². The normalized spacial score (nSPS) is 12.0. The van der Waals surface area contributed by atoms with E-state index in [4.69, 9.17) is 4.74 Å². The highest BCUT2D eigenvalue weighted by molar-refractivity contribution is 6.09. The molecule has 3 aromatic carbocycles. The average molecular weight is 731 g/mol. The summed E-state index contributed by atoms with van der Waals surface area (Å²) in [6, 6.07) is 16.0. The first kappa shape index (κ1) is 38.4. The number of carbonyl (C=O) groups is 3. The van der Waals surface area contributed by atoms with Gasteiger partial charge in [0.15, 0.2) is 5.78 Å². The van der Waals surface area contributed by atoms with Gasteiger partial charge in [0.05, 0.1) is 31.0 Å². The summed E-state index contributed by atoms with van der Waals surface area (Å²) < 4.78 is 50.5. The van der Waals surface area contributed by atoms with E-state index in [9.17, 15) is 32.7 Å². The summed E-state index contributed by atoms with van der Waals surface area (Å²) in [5.41, 5.74) is 1.81. The molecular formula is C40H41F3N4O6. The van der Waals surface area contributed by atoms with Crippen LogP contribution in [0.25, 0.3) is 32.6 Å². The number of Topliss-reactive ketones (excluding diaryl/α,β-unsaturated/α-hetero) is 1. The van der Waals surface area contributed by atoms with Crippen LogP contribution in [0.15, 0.2) is 60.8 Å². The molecule has 0 fully saturated rings. The number of aromatic hydroxyl groups is 1. The van der Waals surface area contributed by atoms with Crippen LogP contribution in [0.5, 0.6) is 11.5 Å². The van der Waals surface area contributed by atoms with Crippen molar-refractivity contribution < 1.29 is 42.1 Å². The van der Waals surface area contributed by atoms with Gasteiger partial charge in [0.25, 0.3) is 5.91 Å². The van der Waals surface area contributed by atoms with E-state index in [1.807, 2.05) is 44.2 Å². The van der Waals surface area contributed by atoms with Gasteiger partial charge in [0.1, 0.15) is 22.9 Å². The second-order valence-corrected chi connectivity index (χ2v) is 12.7. The average Bonchev–Trinajstić information content (AvgIpc) is 3.75. The zero-order chi connectivity index (χ0) is 38.6. The predicted molar refractivity (Wildman–Crippen MR) is 198 cm³/mol. The summed E-state index contributed by atoms with van der Waals surface area (Å²) in [6.07, 6.45) is 0.271. The summed E-state index contributed by atoms with van der Waals surface area (Å²) in [4.78, 5) is 45.9. The van der Waals surface area contributed by atoms with Crippen LogP contribution >= 0.6 is 0 Å². The molecule has 0 saturated carbocycles. The van der Waals surface area contributed by atoms with Gasteiger partial charge >= 0.3 is 12.1 Å². The van der Waals surface area contributed by atoms with Crippen molar-refractivity contribution in [2.24, 2.45) is 0 Å². The van der Waals surface area contributed by atoms with Crippen LogP contribution < -0.4 is 10.1 Å². The fourth-order valence-electron chi connectivity index (χ4n) is 6.60. The third-order valence-corrected chi connectivity index (χ3v) is 9.22. The Balaban J connectivity index is 0.000000205. The summed E-state index contributed by atoms with van der Waals surface area (Å²) >= 11 is 0. The van der Waals surface area contributed by atoms with Crippen LogP contribution in [0.2, 0.25) is 0 Å². The maximum absolute atomic E-state index is 13.5. The number of phenols is 1. The SMILES string of the molecule is CCCC[C@@H](CC)c1c(C)cc(O)c2[nH]c(C(F)(F)F)c(C(=O)OC)c12.COc1cccc2cnc(C(=O)Nc3ccc4[nH]c(C(C)=O)cc4c3)cc12. The summed E-state index contributed by atoms with van der Waals surface area (Å²) in [5, 5.41) is 15.8. The van der Waals surface area contributed by atoms with Crippen molar-refractivity contribution in [1.29, 1.82) is 0 Å². The molecule has 10 nitrogen and oxygen atoms in total. The van der Waals surface area contributed by atoms with E-state index in [-0.39, 0.29) is 34.3 Å². The maximum atomic E-state index is 13.5. The number of nitrogens with zero attached hydrogens (tertiary/aromatic N) is 1. The largest absolute Gasteiger partial charge is 0.506 e. The van der Waals surface area contributed by atoms with Gasteiger partial charge in [-0.3, -0.25) is 14.6 Å². The van der Waals surface area contributed by atoms with Gasteiger partial charge in [-0.2, -0.15) is 13.2 Å². The Labute approximate surface area is 303 Å². The highest BCUT2D eigenvalue weighted by Crippen LogP contribution is 2.44. The Kier molecular flexibility index (Phi) is 11.4. The van der Waals surface area contributed by atoms with Crippen molar-refractivity contribution in [2.45, 2.75) is 65.5 Å². The lowest BCUT2D eigenvalue weighted by atomic mass is 9.84. The van der Waals surface area contributed by atoms with Crippen LogP contribution in [0, 0.1) is 6.92 Å². The first-order valence-corrected chi connectivity index (χ1v) is 17.1. The molecule has 0 saturated heterocycles. The van der Waals surface area contributed by atoms with E-state index in [1.54, 1.807) is 38.4 Å².